The molecule has 1 saturated carbocycles. The Morgan fingerprint density at radius 3 is 2.45 bits per heavy atom. The van der Waals surface area contributed by atoms with Crippen LogP contribution in [0, 0.1) is 0 Å². The second-order valence-electron chi connectivity index (χ2n) is 5.99. The maximum Gasteiger partial charge on any atom is 0.234 e. The molecule has 118 valence electrons. The summed E-state index contributed by atoms with van der Waals surface area (Å²) in [5, 5.41) is 6.63. The van der Waals surface area contributed by atoms with Crippen molar-refractivity contribution in [3.63, 3.8) is 0 Å². The monoisotopic (exact) mass is 303 g/mol. The first-order chi connectivity index (χ1) is 9.34. The molecule has 0 spiro atoms. The molecule has 4 nitrogen and oxygen atoms in total. The van der Waals surface area contributed by atoms with E-state index in [0.29, 0.717) is 12.6 Å². The van der Waals surface area contributed by atoms with E-state index >= 15 is 0 Å². The zero-order valence-corrected chi connectivity index (χ0v) is 13.3. The molecule has 2 rings (SSSR count). The van der Waals surface area contributed by atoms with E-state index in [1.165, 1.54) is 44.9 Å². The number of amides is 1. The maximum atomic E-state index is 12.1. The highest BCUT2D eigenvalue weighted by Gasteiger charge is 2.17. The van der Waals surface area contributed by atoms with E-state index < -0.39 is 0 Å². The van der Waals surface area contributed by atoms with Crippen LogP contribution in [0.3, 0.4) is 0 Å². The molecule has 0 atom stereocenters. The van der Waals surface area contributed by atoms with E-state index in [1.54, 1.807) is 0 Å². The quantitative estimate of drug-likeness (QED) is 0.837. The molecule has 20 heavy (non-hydrogen) atoms. The SMILES string of the molecule is Cl.O=C(CN1CCCNCC1)NC1CCCCCCC1. The van der Waals surface area contributed by atoms with Gasteiger partial charge < -0.3 is 10.6 Å². The Kier molecular flexibility index (Phi) is 9.23. The Labute approximate surface area is 129 Å². The highest BCUT2D eigenvalue weighted by Crippen LogP contribution is 2.17. The summed E-state index contributed by atoms with van der Waals surface area (Å²) < 4.78 is 0. The standard InChI is InChI=1S/C15H29N3O.ClH/c19-15(13-18-11-6-9-16-10-12-18)17-14-7-4-2-1-3-5-8-14;/h14,16H,1-13H2,(H,17,19);1H. The minimum Gasteiger partial charge on any atom is -0.352 e. The molecule has 5 heteroatoms. The normalized spacial score (nSPS) is 23.0. The van der Waals surface area contributed by atoms with Gasteiger partial charge in [0, 0.05) is 19.1 Å². The summed E-state index contributed by atoms with van der Waals surface area (Å²) in [6.45, 7) is 4.72. The van der Waals surface area contributed by atoms with Gasteiger partial charge in [0.25, 0.3) is 0 Å². The van der Waals surface area contributed by atoms with Crippen molar-refractivity contribution in [3.05, 3.63) is 0 Å². The Bertz CT molecular complexity index is 260. The summed E-state index contributed by atoms with van der Waals surface area (Å²) in [5.74, 6) is 0.229. The molecular weight excluding hydrogens is 274 g/mol. The third kappa shape index (κ3) is 6.91. The van der Waals surface area contributed by atoms with Crippen LogP contribution >= 0.6 is 12.4 Å². The molecule has 0 radical (unpaired) electrons. The minimum absolute atomic E-state index is 0. The zero-order chi connectivity index (χ0) is 13.3. The lowest BCUT2D eigenvalue weighted by Gasteiger charge is -2.24. The van der Waals surface area contributed by atoms with Gasteiger partial charge in [0.05, 0.1) is 6.54 Å². The van der Waals surface area contributed by atoms with Crippen molar-refractivity contribution in [1.29, 1.82) is 0 Å². The minimum atomic E-state index is 0. The smallest absolute Gasteiger partial charge is 0.234 e. The average molecular weight is 304 g/mol. The lowest BCUT2D eigenvalue weighted by atomic mass is 9.97. The van der Waals surface area contributed by atoms with Crippen LogP contribution in [0.1, 0.15) is 51.4 Å². The Morgan fingerprint density at radius 1 is 1.00 bits per heavy atom. The first kappa shape index (κ1) is 17.7. The largest absolute Gasteiger partial charge is 0.352 e. The van der Waals surface area contributed by atoms with E-state index in [1.807, 2.05) is 0 Å². The van der Waals surface area contributed by atoms with Crippen LogP contribution in [0.5, 0.6) is 0 Å². The van der Waals surface area contributed by atoms with Gasteiger partial charge in [-0.2, -0.15) is 0 Å². The van der Waals surface area contributed by atoms with Gasteiger partial charge in [-0.25, -0.2) is 0 Å². The number of hydrogen-bond acceptors (Lipinski definition) is 3. The van der Waals surface area contributed by atoms with Gasteiger partial charge in [-0.1, -0.05) is 32.1 Å². The molecule has 1 amide bonds. The first-order valence-corrected chi connectivity index (χ1v) is 8.07. The molecule has 0 bridgehead atoms. The maximum absolute atomic E-state index is 12.1. The Balaban J connectivity index is 0.00000200. The lowest BCUT2D eigenvalue weighted by Crippen LogP contribution is -2.43. The van der Waals surface area contributed by atoms with Crippen LogP contribution in [0.2, 0.25) is 0 Å². The molecule has 2 fully saturated rings. The van der Waals surface area contributed by atoms with Crippen molar-refractivity contribution in [3.8, 4) is 0 Å². The highest BCUT2D eigenvalue weighted by molar-refractivity contribution is 5.85. The summed E-state index contributed by atoms with van der Waals surface area (Å²) in [5.41, 5.74) is 0. The van der Waals surface area contributed by atoms with Crippen molar-refractivity contribution in [2.75, 3.05) is 32.7 Å². The van der Waals surface area contributed by atoms with Gasteiger partial charge in [-0.05, 0) is 32.4 Å². The summed E-state index contributed by atoms with van der Waals surface area (Å²) in [6, 6.07) is 0.429. The van der Waals surface area contributed by atoms with E-state index in [2.05, 4.69) is 15.5 Å². The summed E-state index contributed by atoms with van der Waals surface area (Å²) >= 11 is 0. The van der Waals surface area contributed by atoms with Crippen LogP contribution in [-0.4, -0.2) is 49.6 Å². The molecule has 1 aliphatic heterocycles. The van der Waals surface area contributed by atoms with Crippen molar-refractivity contribution in [2.24, 2.45) is 0 Å². The molecule has 0 unspecified atom stereocenters. The second kappa shape index (κ2) is 10.4. The molecule has 0 aromatic rings. The average Bonchev–Trinajstić information content (AvgIpc) is 2.61. The van der Waals surface area contributed by atoms with Crippen LogP contribution in [-0.2, 0) is 4.79 Å². The number of carbonyl (C=O) groups is 1. The number of nitrogens with zero attached hydrogens (tertiary/aromatic N) is 1. The lowest BCUT2D eigenvalue weighted by molar-refractivity contribution is -0.123. The van der Waals surface area contributed by atoms with Gasteiger partial charge in [-0.3, -0.25) is 9.69 Å². The van der Waals surface area contributed by atoms with Crippen molar-refractivity contribution in [1.82, 2.24) is 15.5 Å². The molecule has 0 aromatic heterocycles. The van der Waals surface area contributed by atoms with Gasteiger partial charge >= 0.3 is 0 Å². The number of carbonyl (C=O) groups excluding carboxylic acids is 1. The molecule has 0 aromatic carbocycles. The topological polar surface area (TPSA) is 44.4 Å². The van der Waals surface area contributed by atoms with Crippen LogP contribution in [0.4, 0.5) is 0 Å². The van der Waals surface area contributed by atoms with Crippen LogP contribution in [0.25, 0.3) is 0 Å². The van der Waals surface area contributed by atoms with Crippen LogP contribution < -0.4 is 10.6 Å². The second-order valence-corrected chi connectivity index (χ2v) is 5.99. The predicted octanol–water partition coefficient (Wildman–Crippen LogP) is 1.93. The third-order valence-corrected chi connectivity index (χ3v) is 4.27. The number of hydrogen-bond donors (Lipinski definition) is 2. The Morgan fingerprint density at radius 2 is 1.70 bits per heavy atom. The van der Waals surface area contributed by atoms with Gasteiger partial charge in [0.2, 0.25) is 5.91 Å². The van der Waals surface area contributed by atoms with Gasteiger partial charge in [0.1, 0.15) is 0 Å². The van der Waals surface area contributed by atoms with Crippen LogP contribution in [0.15, 0.2) is 0 Å². The zero-order valence-electron chi connectivity index (χ0n) is 12.5. The molecule has 2 aliphatic rings. The van der Waals surface area contributed by atoms with Crippen molar-refractivity contribution >= 4 is 18.3 Å². The fourth-order valence-electron chi connectivity index (χ4n) is 3.14. The van der Waals surface area contributed by atoms with E-state index in [-0.39, 0.29) is 18.3 Å². The summed E-state index contributed by atoms with van der Waals surface area (Å²) in [6.07, 6.45) is 10.1. The van der Waals surface area contributed by atoms with Crippen molar-refractivity contribution < 1.29 is 4.79 Å². The molecule has 2 N–H and O–H groups in total. The molecule has 1 saturated heterocycles. The fraction of sp³-hybridized carbons (Fsp3) is 0.933. The molecule has 1 aliphatic carbocycles. The summed E-state index contributed by atoms with van der Waals surface area (Å²) in [7, 11) is 0. The number of halogens is 1. The third-order valence-electron chi connectivity index (χ3n) is 4.27. The van der Waals surface area contributed by atoms with E-state index in [4.69, 9.17) is 0 Å². The van der Waals surface area contributed by atoms with E-state index in [9.17, 15) is 4.79 Å². The molecular formula is C15H30ClN3O. The highest BCUT2D eigenvalue weighted by atomic mass is 35.5. The predicted molar refractivity (Wildman–Crippen MR) is 85.4 cm³/mol. The first-order valence-electron chi connectivity index (χ1n) is 8.07. The number of rotatable bonds is 3. The molecule has 1 heterocycles. The van der Waals surface area contributed by atoms with Gasteiger partial charge in [-0.15, -0.1) is 12.4 Å². The summed E-state index contributed by atoms with van der Waals surface area (Å²) in [4.78, 5) is 14.4. The van der Waals surface area contributed by atoms with E-state index in [0.717, 1.165) is 32.6 Å². The van der Waals surface area contributed by atoms with Gasteiger partial charge in [0.15, 0.2) is 0 Å². The fourth-order valence-corrected chi connectivity index (χ4v) is 3.14. The van der Waals surface area contributed by atoms with Crippen molar-refractivity contribution in [2.45, 2.75) is 57.4 Å². The number of nitrogens with one attached hydrogen (secondary N) is 2. The Hall–Kier alpha value is -0.320.